The lowest BCUT2D eigenvalue weighted by atomic mass is 10.0. The highest BCUT2D eigenvalue weighted by molar-refractivity contribution is 5.96. The zero-order valence-corrected chi connectivity index (χ0v) is 20.5. The molecule has 1 saturated heterocycles. The van der Waals surface area contributed by atoms with E-state index in [9.17, 15) is 9.59 Å². The first-order valence-corrected chi connectivity index (χ1v) is 12.4. The molecule has 1 aromatic carbocycles. The third-order valence-electron chi connectivity index (χ3n) is 7.06. The lowest BCUT2D eigenvalue weighted by Gasteiger charge is -2.32. The van der Waals surface area contributed by atoms with E-state index in [2.05, 4.69) is 27.3 Å². The second kappa shape index (κ2) is 8.91. The Labute approximate surface area is 209 Å². The van der Waals surface area contributed by atoms with Crippen LogP contribution in [0.1, 0.15) is 39.1 Å². The van der Waals surface area contributed by atoms with E-state index in [1.807, 2.05) is 58.9 Å². The number of likely N-dealkylation sites (N-methyl/N-ethyl adjacent to an activating group) is 1. The number of carbonyl (C=O) groups is 2. The Morgan fingerprint density at radius 1 is 0.972 bits per heavy atom. The second-order valence-corrected chi connectivity index (χ2v) is 9.81. The molecule has 6 rings (SSSR count). The zero-order valence-electron chi connectivity index (χ0n) is 20.5. The monoisotopic (exact) mass is 483 g/mol. The van der Waals surface area contributed by atoms with Gasteiger partial charge in [0, 0.05) is 55.7 Å². The van der Waals surface area contributed by atoms with Gasteiger partial charge in [-0.1, -0.05) is 6.07 Å². The topological polar surface area (TPSA) is 87.8 Å². The number of aryl methyl sites for hydroxylation is 1. The van der Waals surface area contributed by atoms with Gasteiger partial charge in [-0.15, -0.1) is 0 Å². The summed E-state index contributed by atoms with van der Waals surface area (Å²) < 4.78 is 3.66. The number of amides is 2. The third-order valence-corrected chi connectivity index (χ3v) is 7.06. The second-order valence-electron chi connectivity index (χ2n) is 9.81. The average Bonchev–Trinajstić information content (AvgIpc) is 3.39. The van der Waals surface area contributed by atoms with Crippen LogP contribution in [0.3, 0.4) is 0 Å². The molecule has 2 fully saturated rings. The van der Waals surface area contributed by atoms with Gasteiger partial charge < -0.3 is 15.1 Å². The van der Waals surface area contributed by atoms with Crippen LogP contribution >= 0.6 is 0 Å². The number of aromatic nitrogens is 4. The maximum atomic E-state index is 13.1. The highest BCUT2D eigenvalue weighted by Crippen LogP contribution is 2.26. The third kappa shape index (κ3) is 4.26. The fourth-order valence-corrected chi connectivity index (χ4v) is 4.61. The summed E-state index contributed by atoms with van der Waals surface area (Å²) in [4.78, 5) is 34.3. The van der Waals surface area contributed by atoms with Crippen molar-refractivity contribution in [2.24, 2.45) is 0 Å². The van der Waals surface area contributed by atoms with Gasteiger partial charge in [0.05, 0.1) is 18.0 Å². The lowest BCUT2D eigenvalue weighted by Crippen LogP contribution is -2.47. The molecule has 36 heavy (non-hydrogen) atoms. The molecule has 0 spiro atoms. The number of hydrogen-bond donors (Lipinski definition) is 1. The number of fused-ring (bicyclic) bond motifs is 1. The summed E-state index contributed by atoms with van der Waals surface area (Å²) in [7, 11) is 2.07. The minimum absolute atomic E-state index is 0.0303. The van der Waals surface area contributed by atoms with Crippen molar-refractivity contribution in [2.75, 3.05) is 33.2 Å². The molecule has 1 aliphatic heterocycles. The van der Waals surface area contributed by atoms with Crippen molar-refractivity contribution >= 4 is 17.5 Å². The number of carbonyl (C=O) groups excluding carboxylic acids is 2. The molecule has 9 nitrogen and oxygen atoms in total. The largest absolute Gasteiger partial charge is 0.349 e. The van der Waals surface area contributed by atoms with Gasteiger partial charge in [-0.25, -0.2) is 9.67 Å². The summed E-state index contributed by atoms with van der Waals surface area (Å²) in [5.41, 5.74) is 4.96. The Morgan fingerprint density at radius 3 is 2.53 bits per heavy atom. The SMILES string of the molecule is Cc1ccc(C(=O)NC2CC2)cc1-c1cnn(-c2cnc3ccc(C(=O)N4CCN(C)CC4)cn23)c1. The van der Waals surface area contributed by atoms with Crippen molar-refractivity contribution in [1.82, 2.24) is 34.3 Å². The van der Waals surface area contributed by atoms with E-state index in [-0.39, 0.29) is 11.8 Å². The molecule has 0 bridgehead atoms. The van der Waals surface area contributed by atoms with Crippen LogP contribution in [-0.4, -0.2) is 80.0 Å². The molecule has 2 amide bonds. The lowest BCUT2D eigenvalue weighted by molar-refractivity contribution is 0.0663. The first-order chi connectivity index (χ1) is 17.5. The summed E-state index contributed by atoms with van der Waals surface area (Å²) in [5.74, 6) is 0.734. The first kappa shape index (κ1) is 22.5. The number of rotatable bonds is 5. The fourth-order valence-electron chi connectivity index (χ4n) is 4.61. The molecule has 1 N–H and O–H groups in total. The molecule has 4 heterocycles. The molecule has 2 aliphatic rings. The minimum atomic E-state index is -0.0366. The van der Waals surface area contributed by atoms with E-state index in [0.29, 0.717) is 17.2 Å². The van der Waals surface area contributed by atoms with Crippen LogP contribution in [0.15, 0.2) is 55.1 Å². The Hall–Kier alpha value is -3.98. The molecule has 1 aliphatic carbocycles. The van der Waals surface area contributed by atoms with Crippen molar-refractivity contribution < 1.29 is 9.59 Å². The molecule has 9 heteroatoms. The molecule has 184 valence electrons. The smallest absolute Gasteiger partial charge is 0.255 e. The van der Waals surface area contributed by atoms with Crippen LogP contribution in [-0.2, 0) is 0 Å². The quantitative estimate of drug-likeness (QED) is 0.472. The number of benzene rings is 1. The van der Waals surface area contributed by atoms with Gasteiger partial charge in [0.25, 0.3) is 11.8 Å². The zero-order chi connectivity index (χ0) is 24.8. The van der Waals surface area contributed by atoms with Crippen LogP contribution in [0, 0.1) is 6.92 Å². The van der Waals surface area contributed by atoms with Crippen molar-refractivity contribution in [3.8, 4) is 16.9 Å². The average molecular weight is 484 g/mol. The van der Waals surface area contributed by atoms with E-state index in [1.54, 1.807) is 17.1 Å². The standard InChI is InChI=1S/C27H29N7O2/c1-18-3-4-19(26(35)30-22-6-7-22)13-23(18)21-14-29-34(17-21)25-15-28-24-8-5-20(16-33(24)25)27(36)32-11-9-31(2)10-12-32/h3-5,8,13-17,22H,6-7,9-12H2,1-2H3,(H,30,35). The predicted molar refractivity (Wildman–Crippen MR) is 136 cm³/mol. The molecule has 4 aromatic rings. The van der Waals surface area contributed by atoms with E-state index < -0.39 is 0 Å². The molecule has 0 unspecified atom stereocenters. The fraction of sp³-hybridized carbons (Fsp3) is 0.333. The van der Waals surface area contributed by atoms with E-state index >= 15 is 0 Å². The first-order valence-electron chi connectivity index (χ1n) is 12.4. The Balaban J connectivity index is 1.29. The Morgan fingerprint density at radius 2 is 1.75 bits per heavy atom. The molecule has 0 radical (unpaired) electrons. The molecule has 0 atom stereocenters. The maximum absolute atomic E-state index is 13.1. The Kier molecular flexibility index (Phi) is 5.56. The predicted octanol–water partition coefficient (Wildman–Crippen LogP) is 2.78. The molecule has 1 saturated carbocycles. The van der Waals surface area contributed by atoms with Crippen molar-refractivity contribution in [2.45, 2.75) is 25.8 Å². The summed E-state index contributed by atoms with van der Waals surface area (Å²) in [6.07, 6.45) is 9.43. The molecular formula is C27H29N7O2. The van der Waals surface area contributed by atoms with Gasteiger partial charge in [-0.3, -0.25) is 14.0 Å². The number of piperazine rings is 1. The number of imidazole rings is 1. The maximum Gasteiger partial charge on any atom is 0.255 e. The van der Waals surface area contributed by atoms with Gasteiger partial charge in [-0.05, 0) is 62.2 Å². The number of hydrogen-bond acceptors (Lipinski definition) is 5. The molecule has 3 aromatic heterocycles. The highest BCUT2D eigenvalue weighted by Gasteiger charge is 2.24. The van der Waals surface area contributed by atoms with Crippen LogP contribution in [0.5, 0.6) is 0 Å². The van der Waals surface area contributed by atoms with Gasteiger partial charge >= 0.3 is 0 Å². The van der Waals surface area contributed by atoms with Crippen molar-refractivity contribution in [3.05, 3.63) is 71.8 Å². The van der Waals surface area contributed by atoms with Crippen LogP contribution < -0.4 is 5.32 Å². The highest BCUT2D eigenvalue weighted by atomic mass is 16.2. The van der Waals surface area contributed by atoms with Gasteiger partial charge in [0.15, 0.2) is 5.82 Å². The Bertz CT molecular complexity index is 1460. The van der Waals surface area contributed by atoms with Crippen molar-refractivity contribution in [1.29, 1.82) is 0 Å². The summed E-state index contributed by atoms with van der Waals surface area (Å²) in [6, 6.07) is 9.78. The van der Waals surface area contributed by atoms with E-state index in [0.717, 1.165) is 67.2 Å². The minimum Gasteiger partial charge on any atom is -0.349 e. The number of nitrogens with one attached hydrogen (secondary N) is 1. The summed E-state index contributed by atoms with van der Waals surface area (Å²) in [5, 5.41) is 7.64. The summed E-state index contributed by atoms with van der Waals surface area (Å²) in [6.45, 7) is 5.24. The number of pyridine rings is 1. The summed E-state index contributed by atoms with van der Waals surface area (Å²) >= 11 is 0. The van der Waals surface area contributed by atoms with Crippen molar-refractivity contribution in [3.63, 3.8) is 0 Å². The van der Waals surface area contributed by atoms with Gasteiger partial charge in [0.1, 0.15) is 5.65 Å². The van der Waals surface area contributed by atoms with E-state index in [4.69, 9.17) is 0 Å². The van der Waals surface area contributed by atoms with E-state index in [1.165, 1.54) is 0 Å². The van der Waals surface area contributed by atoms with Crippen LogP contribution in [0.2, 0.25) is 0 Å². The van der Waals surface area contributed by atoms with Gasteiger partial charge in [-0.2, -0.15) is 5.10 Å². The van der Waals surface area contributed by atoms with Crippen LogP contribution in [0.4, 0.5) is 0 Å². The molecular weight excluding hydrogens is 454 g/mol. The van der Waals surface area contributed by atoms with Gasteiger partial charge in [0.2, 0.25) is 0 Å². The normalized spacial score (nSPS) is 16.4. The van der Waals surface area contributed by atoms with Crippen LogP contribution in [0.25, 0.3) is 22.6 Å². The number of nitrogens with zero attached hydrogens (tertiary/aromatic N) is 6.